The van der Waals surface area contributed by atoms with Gasteiger partial charge in [0.15, 0.2) is 0 Å². The molecule has 1 amide bonds. The fraction of sp³-hybridized carbons (Fsp3) is 0.533. The largest absolute Gasteiger partial charge is 0.496 e. The van der Waals surface area contributed by atoms with Gasteiger partial charge in [-0.05, 0) is 38.1 Å². The van der Waals surface area contributed by atoms with E-state index in [0.717, 1.165) is 11.3 Å². The SMILES string of the molecule is CNCCC(=O)N(C)Cc1cc(C)c(C)cc1OC. The average Bonchev–Trinajstić information content (AvgIpc) is 2.39. The van der Waals surface area contributed by atoms with E-state index in [1.165, 1.54) is 11.1 Å². The molecule has 1 rings (SSSR count). The van der Waals surface area contributed by atoms with Gasteiger partial charge in [-0.3, -0.25) is 4.79 Å². The van der Waals surface area contributed by atoms with E-state index in [4.69, 9.17) is 4.74 Å². The molecule has 1 aromatic rings. The molecule has 0 atom stereocenters. The number of carbonyl (C=O) groups excluding carboxylic acids is 1. The molecule has 4 nitrogen and oxygen atoms in total. The number of hydrogen-bond donors (Lipinski definition) is 1. The van der Waals surface area contributed by atoms with Crippen molar-refractivity contribution in [1.82, 2.24) is 10.2 Å². The summed E-state index contributed by atoms with van der Waals surface area (Å²) in [5.41, 5.74) is 3.46. The van der Waals surface area contributed by atoms with E-state index >= 15 is 0 Å². The maximum absolute atomic E-state index is 11.9. The van der Waals surface area contributed by atoms with Gasteiger partial charge >= 0.3 is 0 Å². The Morgan fingerprint density at radius 3 is 2.53 bits per heavy atom. The maximum atomic E-state index is 11.9. The molecule has 0 saturated heterocycles. The fourth-order valence-electron chi connectivity index (χ4n) is 1.93. The van der Waals surface area contributed by atoms with E-state index in [9.17, 15) is 4.79 Å². The first-order valence-electron chi connectivity index (χ1n) is 6.52. The second-order valence-corrected chi connectivity index (χ2v) is 4.85. The highest BCUT2D eigenvalue weighted by atomic mass is 16.5. The number of methoxy groups -OCH3 is 1. The van der Waals surface area contributed by atoms with Crippen molar-refractivity contribution >= 4 is 5.91 Å². The van der Waals surface area contributed by atoms with Gasteiger partial charge in [0.1, 0.15) is 5.75 Å². The number of ether oxygens (including phenoxy) is 1. The fourth-order valence-corrected chi connectivity index (χ4v) is 1.93. The van der Waals surface area contributed by atoms with E-state index in [2.05, 4.69) is 25.2 Å². The molecule has 0 bridgehead atoms. The molecule has 0 unspecified atom stereocenters. The molecule has 19 heavy (non-hydrogen) atoms. The Bertz CT molecular complexity index is 444. The molecule has 0 spiro atoms. The number of nitrogens with zero attached hydrogens (tertiary/aromatic N) is 1. The molecule has 0 heterocycles. The lowest BCUT2D eigenvalue weighted by Gasteiger charge is -2.20. The summed E-state index contributed by atoms with van der Waals surface area (Å²) in [5.74, 6) is 0.978. The Kier molecular flexibility index (Phi) is 5.83. The zero-order valence-corrected chi connectivity index (χ0v) is 12.5. The summed E-state index contributed by atoms with van der Waals surface area (Å²) in [6.45, 7) is 5.41. The third kappa shape index (κ3) is 4.24. The Morgan fingerprint density at radius 1 is 1.32 bits per heavy atom. The van der Waals surface area contributed by atoms with Crippen LogP contribution in [0, 0.1) is 13.8 Å². The van der Waals surface area contributed by atoms with Gasteiger partial charge < -0.3 is 15.0 Å². The number of amides is 1. The van der Waals surface area contributed by atoms with Crippen molar-refractivity contribution in [2.24, 2.45) is 0 Å². The molecule has 0 fully saturated rings. The van der Waals surface area contributed by atoms with Crippen molar-refractivity contribution in [3.63, 3.8) is 0 Å². The van der Waals surface area contributed by atoms with E-state index in [-0.39, 0.29) is 5.91 Å². The Hall–Kier alpha value is -1.55. The standard InChI is InChI=1S/C15H24N2O2/c1-11-8-13(14(19-5)9-12(11)2)10-17(4)15(18)6-7-16-3/h8-9,16H,6-7,10H2,1-5H3. The molecular weight excluding hydrogens is 240 g/mol. The maximum Gasteiger partial charge on any atom is 0.223 e. The van der Waals surface area contributed by atoms with Gasteiger partial charge in [0, 0.05) is 32.1 Å². The van der Waals surface area contributed by atoms with Crippen LogP contribution < -0.4 is 10.1 Å². The van der Waals surface area contributed by atoms with Crippen molar-refractivity contribution in [2.75, 3.05) is 27.7 Å². The molecule has 0 aliphatic heterocycles. The predicted molar refractivity (Wildman–Crippen MR) is 77.5 cm³/mol. The first-order chi connectivity index (χ1) is 8.99. The average molecular weight is 264 g/mol. The zero-order chi connectivity index (χ0) is 14.4. The molecule has 4 heteroatoms. The lowest BCUT2D eigenvalue weighted by Crippen LogP contribution is -2.28. The minimum atomic E-state index is 0.134. The third-order valence-corrected chi connectivity index (χ3v) is 3.32. The Morgan fingerprint density at radius 2 is 1.95 bits per heavy atom. The van der Waals surface area contributed by atoms with Crippen LogP contribution in [0.1, 0.15) is 23.1 Å². The highest BCUT2D eigenvalue weighted by Gasteiger charge is 2.12. The van der Waals surface area contributed by atoms with Crippen LogP contribution in [0.4, 0.5) is 0 Å². The number of rotatable bonds is 6. The van der Waals surface area contributed by atoms with E-state index in [0.29, 0.717) is 19.5 Å². The molecule has 0 aromatic heterocycles. The van der Waals surface area contributed by atoms with Crippen LogP contribution in [0.5, 0.6) is 5.75 Å². The van der Waals surface area contributed by atoms with Gasteiger partial charge in [-0.25, -0.2) is 0 Å². The van der Waals surface area contributed by atoms with Gasteiger partial charge in [0.25, 0.3) is 0 Å². The van der Waals surface area contributed by atoms with Crippen molar-refractivity contribution < 1.29 is 9.53 Å². The first-order valence-corrected chi connectivity index (χ1v) is 6.52. The molecule has 0 radical (unpaired) electrons. The molecule has 0 aliphatic rings. The summed E-state index contributed by atoms with van der Waals surface area (Å²) >= 11 is 0. The van der Waals surface area contributed by atoms with E-state index in [1.54, 1.807) is 12.0 Å². The molecule has 1 N–H and O–H groups in total. The van der Waals surface area contributed by atoms with Crippen LogP contribution in [0.2, 0.25) is 0 Å². The zero-order valence-electron chi connectivity index (χ0n) is 12.5. The van der Waals surface area contributed by atoms with Gasteiger partial charge in [0.05, 0.1) is 7.11 Å². The summed E-state index contributed by atoms with van der Waals surface area (Å²) in [6.07, 6.45) is 0.514. The molecular formula is C15H24N2O2. The predicted octanol–water partition coefficient (Wildman–Crippen LogP) is 1.88. The third-order valence-electron chi connectivity index (χ3n) is 3.32. The van der Waals surface area contributed by atoms with Crippen LogP contribution >= 0.6 is 0 Å². The van der Waals surface area contributed by atoms with Crippen molar-refractivity contribution in [3.05, 3.63) is 28.8 Å². The summed E-state index contributed by atoms with van der Waals surface area (Å²) in [6, 6.07) is 4.12. The minimum absolute atomic E-state index is 0.134. The minimum Gasteiger partial charge on any atom is -0.496 e. The number of aryl methyl sites for hydroxylation is 2. The Labute approximate surface area is 115 Å². The summed E-state index contributed by atoms with van der Waals surface area (Å²) in [5, 5.41) is 2.98. The number of hydrogen-bond acceptors (Lipinski definition) is 3. The van der Waals surface area contributed by atoms with Gasteiger partial charge in [0.2, 0.25) is 5.91 Å². The second kappa shape index (κ2) is 7.14. The highest BCUT2D eigenvalue weighted by molar-refractivity contribution is 5.76. The van der Waals surface area contributed by atoms with Crippen LogP contribution in [0.15, 0.2) is 12.1 Å². The van der Waals surface area contributed by atoms with Gasteiger partial charge in [-0.1, -0.05) is 6.07 Å². The smallest absolute Gasteiger partial charge is 0.223 e. The van der Waals surface area contributed by atoms with Crippen molar-refractivity contribution in [3.8, 4) is 5.75 Å². The number of benzene rings is 1. The van der Waals surface area contributed by atoms with E-state index in [1.807, 2.05) is 20.2 Å². The van der Waals surface area contributed by atoms with E-state index < -0.39 is 0 Å². The van der Waals surface area contributed by atoms with Gasteiger partial charge in [-0.15, -0.1) is 0 Å². The van der Waals surface area contributed by atoms with Crippen LogP contribution in [-0.4, -0.2) is 38.6 Å². The topological polar surface area (TPSA) is 41.6 Å². The monoisotopic (exact) mass is 264 g/mol. The van der Waals surface area contributed by atoms with Gasteiger partial charge in [-0.2, -0.15) is 0 Å². The first kappa shape index (κ1) is 15.5. The van der Waals surface area contributed by atoms with Crippen molar-refractivity contribution in [1.29, 1.82) is 0 Å². The number of carbonyl (C=O) groups is 1. The summed E-state index contributed by atoms with van der Waals surface area (Å²) in [7, 11) is 5.34. The van der Waals surface area contributed by atoms with Crippen molar-refractivity contribution in [2.45, 2.75) is 26.8 Å². The van der Waals surface area contributed by atoms with Crippen LogP contribution in [0.25, 0.3) is 0 Å². The number of nitrogens with one attached hydrogen (secondary N) is 1. The summed E-state index contributed by atoms with van der Waals surface area (Å²) < 4.78 is 5.39. The quantitative estimate of drug-likeness (QED) is 0.853. The summed E-state index contributed by atoms with van der Waals surface area (Å²) in [4.78, 5) is 13.6. The molecule has 1 aromatic carbocycles. The molecule has 106 valence electrons. The lowest BCUT2D eigenvalue weighted by atomic mass is 10.0. The Balaban J connectivity index is 2.81. The molecule has 0 aliphatic carbocycles. The second-order valence-electron chi connectivity index (χ2n) is 4.85. The lowest BCUT2D eigenvalue weighted by molar-refractivity contribution is -0.130. The van der Waals surface area contributed by atoms with Crippen LogP contribution in [0.3, 0.4) is 0 Å². The molecule has 0 saturated carbocycles. The van der Waals surface area contributed by atoms with Crippen LogP contribution in [-0.2, 0) is 11.3 Å². The highest BCUT2D eigenvalue weighted by Crippen LogP contribution is 2.24. The normalized spacial score (nSPS) is 10.4.